The summed E-state index contributed by atoms with van der Waals surface area (Å²) in [7, 11) is -1.30. The Morgan fingerprint density at radius 3 is 2.53 bits per heavy atom. The van der Waals surface area contributed by atoms with Crippen LogP contribution in [0.5, 0.6) is 0 Å². The van der Waals surface area contributed by atoms with Crippen molar-refractivity contribution < 1.29 is 22.5 Å². The summed E-state index contributed by atoms with van der Waals surface area (Å²) in [6, 6.07) is 4.46. The largest absolute Gasteiger partial charge is 0.385 e. The summed E-state index contributed by atoms with van der Waals surface area (Å²) in [5.74, 6) is -0.852. The number of halogens is 3. The molecule has 0 bridgehead atoms. The molecule has 12 heteroatoms. The van der Waals surface area contributed by atoms with E-state index in [0.717, 1.165) is 6.07 Å². The summed E-state index contributed by atoms with van der Waals surface area (Å²) >= 11 is 0. The summed E-state index contributed by atoms with van der Waals surface area (Å²) < 4.78 is 62.0. The monoisotopic (exact) mass is 495 g/mol. The second-order valence-corrected chi connectivity index (χ2v) is 11.0. The summed E-state index contributed by atoms with van der Waals surface area (Å²) in [6.07, 6.45) is -1.75. The Hall–Kier alpha value is -2.99. The molecule has 1 atom stereocenters. The molecule has 3 N–H and O–H groups in total. The molecule has 182 valence electrons. The van der Waals surface area contributed by atoms with E-state index in [-0.39, 0.29) is 46.9 Å². The van der Waals surface area contributed by atoms with Gasteiger partial charge in [-0.25, -0.2) is 27.3 Å². The van der Waals surface area contributed by atoms with E-state index in [4.69, 9.17) is 4.78 Å². The van der Waals surface area contributed by atoms with Gasteiger partial charge < -0.3 is 10.4 Å². The zero-order valence-corrected chi connectivity index (χ0v) is 19.3. The van der Waals surface area contributed by atoms with Gasteiger partial charge in [0.2, 0.25) is 0 Å². The number of nitrogens with one attached hydrogen (secondary N) is 2. The number of aryl methyl sites for hydroxylation is 1. The van der Waals surface area contributed by atoms with E-state index in [2.05, 4.69) is 15.3 Å². The third kappa shape index (κ3) is 4.27. The van der Waals surface area contributed by atoms with Crippen LogP contribution in [0, 0.1) is 10.6 Å². The summed E-state index contributed by atoms with van der Waals surface area (Å²) in [6.45, 7) is 1.59. The number of hydrogen-bond acceptors (Lipinski definition) is 7. The molecule has 4 rings (SSSR count). The maximum atomic E-state index is 14.7. The SMILES string of the molecule is CC(Nc1ncnc2c1cc(C1(O)CCS(=N)(=O)CC1)c(=O)n2C)c1cccc(C(F)F)c1F. The van der Waals surface area contributed by atoms with Crippen molar-refractivity contribution in [1.29, 1.82) is 4.78 Å². The molecular formula is C22H24F3N5O3S. The van der Waals surface area contributed by atoms with Crippen molar-refractivity contribution in [3.05, 3.63) is 63.5 Å². The predicted octanol–water partition coefficient (Wildman–Crippen LogP) is 3.61. The van der Waals surface area contributed by atoms with Crippen LogP contribution in [0.25, 0.3) is 11.0 Å². The maximum Gasteiger partial charge on any atom is 0.266 e. The molecule has 0 saturated carbocycles. The number of benzene rings is 1. The Morgan fingerprint density at radius 2 is 1.88 bits per heavy atom. The third-order valence-electron chi connectivity index (χ3n) is 6.31. The molecule has 1 aliphatic heterocycles. The van der Waals surface area contributed by atoms with Crippen LogP contribution in [-0.4, -0.2) is 35.4 Å². The van der Waals surface area contributed by atoms with Gasteiger partial charge in [-0.15, -0.1) is 0 Å². The van der Waals surface area contributed by atoms with Crippen molar-refractivity contribution in [2.75, 3.05) is 16.8 Å². The molecular weight excluding hydrogens is 471 g/mol. The lowest BCUT2D eigenvalue weighted by Gasteiger charge is -2.33. The molecule has 2 aromatic heterocycles. The van der Waals surface area contributed by atoms with Crippen LogP contribution in [0.1, 0.15) is 48.9 Å². The molecule has 1 aromatic carbocycles. The lowest BCUT2D eigenvalue weighted by atomic mass is 9.88. The number of rotatable bonds is 5. The van der Waals surface area contributed by atoms with Crippen LogP contribution in [0.4, 0.5) is 19.0 Å². The second kappa shape index (κ2) is 8.66. The van der Waals surface area contributed by atoms with E-state index < -0.39 is 44.7 Å². The molecule has 0 amide bonds. The van der Waals surface area contributed by atoms with Gasteiger partial charge in [0.25, 0.3) is 12.0 Å². The molecule has 3 aromatic rings. The van der Waals surface area contributed by atoms with Crippen LogP contribution in [0.3, 0.4) is 0 Å². The standard InChI is InChI=1S/C22H24F3N5O3S/c1-12(13-4-3-5-14(17(13)23)18(24)25)29-19-15-10-16(21(31)30(2)20(15)28-11-27-19)22(32)6-8-34(26,33)9-7-22/h3-5,10-12,18,26,32H,6-9H2,1-2H3,(H,27,28,29). The fourth-order valence-corrected chi connectivity index (χ4v) is 5.77. The first kappa shape index (κ1) is 24.1. The lowest BCUT2D eigenvalue weighted by molar-refractivity contribution is 0.0253. The summed E-state index contributed by atoms with van der Waals surface area (Å²) in [5, 5.41) is 14.6. The number of nitrogens with zero attached hydrogens (tertiary/aromatic N) is 3. The smallest absolute Gasteiger partial charge is 0.266 e. The van der Waals surface area contributed by atoms with Crippen molar-refractivity contribution in [3.63, 3.8) is 0 Å². The van der Waals surface area contributed by atoms with Crippen molar-refractivity contribution in [2.45, 2.75) is 37.8 Å². The first-order valence-electron chi connectivity index (χ1n) is 10.6. The number of pyridine rings is 1. The highest BCUT2D eigenvalue weighted by Gasteiger charge is 2.38. The highest BCUT2D eigenvalue weighted by molar-refractivity contribution is 7.92. The van der Waals surface area contributed by atoms with Gasteiger partial charge >= 0.3 is 0 Å². The van der Waals surface area contributed by atoms with Gasteiger partial charge in [-0.1, -0.05) is 18.2 Å². The molecule has 1 fully saturated rings. The van der Waals surface area contributed by atoms with E-state index in [1.54, 1.807) is 6.92 Å². The molecule has 1 unspecified atom stereocenters. The van der Waals surface area contributed by atoms with Crippen LogP contribution in [0.2, 0.25) is 0 Å². The van der Waals surface area contributed by atoms with Crippen LogP contribution < -0.4 is 10.9 Å². The average Bonchev–Trinajstić information content (AvgIpc) is 2.78. The Morgan fingerprint density at radius 1 is 1.24 bits per heavy atom. The molecule has 0 aliphatic carbocycles. The zero-order valence-electron chi connectivity index (χ0n) is 18.5. The van der Waals surface area contributed by atoms with E-state index in [1.165, 1.54) is 36.1 Å². The average molecular weight is 496 g/mol. The maximum absolute atomic E-state index is 14.7. The van der Waals surface area contributed by atoms with Gasteiger partial charge in [0.15, 0.2) is 0 Å². The van der Waals surface area contributed by atoms with Gasteiger partial charge in [0, 0.05) is 39.4 Å². The van der Waals surface area contributed by atoms with E-state index in [9.17, 15) is 27.3 Å². The normalized spacial score (nSPS) is 23.9. The molecule has 3 heterocycles. The van der Waals surface area contributed by atoms with Gasteiger partial charge in [-0.05, 0) is 25.8 Å². The van der Waals surface area contributed by atoms with Gasteiger partial charge in [-0.3, -0.25) is 14.1 Å². The highest BCUT2D eigenvalue weighted by Crippen LogP contribution is 2.35. The lowest BCUT2D eigenvalue weighted by Crippen LogP contribution is -2.41. The van der Waals surface area contributed by atoms with E-state index in [0.29, 0.717) is 5.39 Å². The minimum atomic E-state index is -2.96. The summed E-state index contributed by atoms with van der Waals surface area (Å²) in [4.78, 5) is 21.4. The topological polar surface area (TPSA) is 121 Å². The fourth-order valence-electron chi connectivity index (χ4n) is 4.24. The third-order valence-corrected chi connectivity index (χ3v) is 8.04. The number of alkyl halides is 2. The van der Waals surface area contributed by atoms with E-state index in [1.807, 2.05) is 0 Å². The van der Waals surface area contributed by atoms with Crippen LogP contribution in [0.15, 0.2) is 35.4 Å². The van der Waals surface area contributed by atoms with Crippen molar-refractivity contribution in [2.24, 2.45) is 7.05 Å². The Bertz CT molecular complexity index is 1410. The molecule has 1 aliphatic rings. The van der Waals surface area contributed by atoms with Gasteiger partial charge in [-0.2, -0.15) is 0 Å². The zero-order chi connectivity index (χ0) is 24.8. The number of hydrogen-bond donors (Lipinski definition) is 3. The second-order valence-electron chi connectivity index (χ2n) is 8.55. The van der Waals surface area contributed by atoms with Gasteiger partial charge in [0.05, 0.1) is 22.6 Å². The minimum absolute atomic E-state index is 0.00539. The fraction of sp³-hybridized carbons (Fsp3) is 0.409. The number of fused-ring (bicyclic) bond motifs is 1. The highest BCUT2D eigenvalue weighted by atomic mass is 32.2. The first-order chi connectivity index (χ1) is 15.9. The molecule has 0 radical (unpaired) electrons. The quantitative estimate of drug-likeness (QED) is 0.497. The molecule has 8 nitrogen and oxygen atoms in total. The van der Waals surface area contributed by atoms with Crippen LogP contribution in [-0.2, 0) is 22.4 Å². The first-order valence-corrected chi connectivity index (χ1v) is 12.5. The molecule has 0 spiro atoms. The van der Waals surface area contributed by atoms with Gasteiger partial charge in [0.1, 0.15) is 23.6 Å². The van der Waals surface area contributed by atoms with Crippen molar-refractivity contribution in [3.8, 4) is 0 Å². The summed E-state index contributed by atoms with van der Waals surface area (Å²) in [5.41, 5.74) is -2.42. The molecule has 34 heavy (non-hydrogen) atoms. The Kier molecular flexibility index (Phi) is 6.15. The number of anilines is 1. The Balaban J connectivity index is 1.78. The minimum Gasteiger partial charge on any atom is -0.385 e. The van der Waals surface area contributed by atoms with E-state index >= 15 is 0 Å². The molecule has 1 saturated heterocycles. The van der Waals surface area contributed by atoms with Crippen molar-refractivity contribution >= 4 is 26.6 Å². The number of aromatic nitrogens is 3. The van der Waals surface area contributed by atoms with Crippen LogP contribution >= 0.6 is 0 Å². The predicted molar refractivity (Wildman–Crippen MR) is 122 cm³/mol. The van der Waals surface area contributed by atoms with Crippen molar-refractivity contribution in [1.82, 2.24) is 14.5 Å². The Labute approximate surface area is 193 Å². The number of aliphatic hydroxyl groups is 1.